The fourth-order valence-corrected chi connectivity index (χ4v) is 6.73. The number of nitrogens with zero attached hydrogens (tertiary/aromatic N) is 1. The normalized spacial score (nSPS) is 31.0. The quantitative estimate of drug-likeness (QED) is 0.409. The number of nitrogens with one attached hydrogen (secondary N) is 1. The summed E-state index contributed by atoms with van der Waals surface area (Å²) in [6.45, 7) is 2.61. The zero-order chi connectivity index (χ0) is 27.2. The maximum atomic E-state index is 12.8. The highest BCUT2D eigenvalue weighted by Gasteiger charge is 2.62. The minimum absolute atomic E-state index is 0.147. The molecular formula is C30H34F3N2O3+. The molecule has 1 amide bonds. The molecule has 1 saturated heterocycles. The molecule has 2 aromatic carbocycles. The number of phenols is 1. The van der Waals surface area contributed by atoms with Gasteiger partial charge in [0, 0.05) is 35.3 Å². The van der Waals surface area contributed by atoms with Crippen LogP contribution >= 0.6 is 0 Å². The number of rotatable bonds is 4. The second-order valence-corrected chi connectivity index (χ2v) is 11.8. The van der Waals surface area contributed by atoms with Crippen LogP contribution in [-0.4, -0.2) is 58.9 Å². The fourth-order valence-electron chi connectivity index (χ4n) is 6.73. The highest BCUT2D eigenvalue weighted by molar-refractivity contribution is 5.94. The average molecular weight is 528 g/mol. The second kappa shape index (κ2) is 9.62. The van der Waals surface area contributed by atoms with Gasteiger partial charge in [0.2, 0.25) is 0 Å². The first-order valence-corrected chi connectivity index (χ1v) is 13.3. The summed E-state index contributed by atoms with van der Waals surface area (Å²) in [6, 6.07) is 11.3. The van der Waals surface area contributed by atoms with Gasteiger partial charge in [-0.25, -0.2) is 0 Å². The number of likely N-dealkylation sites (tertiary alicyclic amines) is 1. The molecule has 1 unspecified atom stereocenters. The first-order chi connectivity index (χ1) is 17.9. The zero-order valence-corrected chi connectivity index (χ0v) is 21.5. The Morgan fingerprint density at radius 3 is 2.53 bits per heavy atom. The molecule has 5 nitrogen and oxygen atoms in total. The summed E-state index contributed by atoms with van der Waals surface area (Å²) in [4.78, 5) is 12.7. The molecule has 3 fully saturated rings. The molecule has 1 heterocycles. The van der Waals surface area contributed by atoms with E-state index in [2.05, 4.69) is 24.2 Å². The van der Waals surface area contributed by atoms with Crippen molar-refractivity contribution >= 4 is 5.91 Å². The molecular weight excluding hydrogens is 493 g/mol. The predicted octanol–water partition coefficient (Wildman–Crippen LogP) is 4.36. The number of piperidine rings is 1. The van der Waals surface area contributed by atoms with Gasteiger partial charge in [0.15, 0.2) is 0 Å². The van der Waals surface area contributed by atoms with E-state index in [4.69, 9.17) is 0 Å². The van der Waals surface area contributed by atoms with E-state index in [1.165, 1.54) is 25.0 Å². The molecule has 5 rings (SSSR count). The van der Waals surface area contributed by atoms with Crippen LogP contribution in [0.4, 0.5) is 13.2 Å². The summed E-state index contributed by atoms with van der Waals surface area (Å²) in [5, 5.41) is 25.5. The lowest BCUT2D eigenvalue weighted by molar-refractivity contribution is -0.925. The number of aromatic hydroxyl groups is 1. The van der Waals surface area contributed by atoms with Gasteiger partial charge in [-0.1, -0.05) is 18.1 Å². The van der Waals surface area contributed by atoms with Gasteiger partial charge in [0.1, 0.15) is 17.9 Å². The van der Waals surface area contributed by atoms with Crippen LogP contribution in [0, 0.1) is 17.8 Å². The maximum absolute atomic E-state index is 12.8. The minimum atomic E-state index is -4.43. The monoisotopic (exact) mass is 527 g/mol. The van der Waals surface area contributed by atoms with Gasteiger partial charge >= 0.3 is 6.18 Å². The molecule has 2 aliphatic carbocycles. The van der Waals surface area contributed by atoms with Crippen LogP contribution in [0.1, 0.15) is 55.2 Å². The summed E-state index contributed by atoms with van der Waals surface area (Å²) in [7, 11) is 2.23. The Balaban J connectivity index is 1.34. The van der Waals surface area contributed by atoms with Crippen LogP contribution in [0.3, 0.4) is 0 Å². The second-order valence-electron chi connectivity index (χ2n) is 11.8. The minimum Gasteiger partial charge on any atom is -0.508 e. The van der Waals surface area contributed by atoms with E-state index < -0.39 is 28.7 Å². The fraction of sp³-hybridized carbons (Fsp3) is 0.500. The molecule has 202 valence electrons. The molecule has 2 aromatic rings. The molecule has 8 heteroatoms. The third-order valence-electron chi connectivity index (χ3n) is 8.78. The number of phenolic OH excluding ortho intramolecular Hbond substituents is 1. The zero-order valence-electron chi connectivity index (χ0n) is 21.5. The smallest absolute Gasteiger partial charge is 0.416 e. The van der Waals surface area contributed by atoms with Gasteiger partial charge in [-0.15, -0.1) is 0 Å². The van der Waals surface area contributed by atoms with Crippen molar-refractivity contribution in [3.8, 4) is 17.6 Å². The van der Waals surface area contributed by atoms with Gasteiger partial charge in [-0.3, -0.25) is 4.79 Å². The van der Waals surface area contributed by atoms with Crippen LogP contribution in [0.2, 0.25) is 0 Å². The molecule has 0 radical (unpaired) electrons. The van der Waals surface area contributed by atoms with Crippen molar-refractivity contribution in [2.24, 2.45) is 5.92 Å². The van der Waals surface area contributed by atoms with Gasteiger partial charge in [-0.05, 0) is 74.1 Å². The molecule has 4 atom stereocenters. The van der Waals surface area contributed by atoms with E-state index in [0.717, 1.165) is 47.6 Å². The molecule has 0 bridgehead atoms. The lowest BCUT2D eigenvalue weighted by Crippen LogP contribution is -2.71. The Hall–Kier alpha value is -3.02. The number of benzene rings is 2. The highest BCUT2D eigenvalue weighted by Crippen LogP contribution is 2.53. The van der Waals surface area contributed by atoms with Crippen LogP contribution in [0.25, 0.3) is 0 Å². The van der Waals surface area contributed by atoms with Crippen LogP contribution in [-0.2, 0) is 16.4 Å². The van der Waals surface area contributed by atoms with E-state index in [1.54, 1.807) is 18.2 Å². The lowest BCUT2D eigenvalue weighted by atomic mass is 9.55. The summed E-state index contributed by atoms with van der Waals surface area (Å²) in [6.07, 6.45) is 0.443. The van der Waals surface area contributed by atoms with Crippen molar-refractivity contribution in [3.05, 3.63) is 65.2 Å². The number of hydrogen-bond donors (Lipinski definition) is 3. The molecule has 3 N–H and O–H groups in total. The van der Waals surface area contributed by atoms with Crippen molar-refractivity contribution in [1.82, 2.24) is 5.32 Å². The summed E-state index contributed by atoms with van der Waals surface area (Å²) < 4.78 is 39.2. The number of fused-ring (bicyclic) bond motifs is 1. The Bertz CT molecular complexity index is 1260. The first kappa shape index (κ1) is 26.6. The first-order valence-electron chi connectivity index (χ1n) is 13.3. The maximum Gasteiger partial charge on any atom is 0.416 e. The molecule has 1 aliphatic heterocycles. The van der Waals surface area contributed by atoms with Gasteiger partial charge in [0.25, 0.3) is 5.91 Å². The number of quaternary nitrogens is 1. The van der Waals surface area contributed by atoms with E-state index in [1.807, 2.05) is 6.07 Å². The summed E-state index contributed by atoms with van der Waals surface area (Å²) in [5.41, 5.74) is -1.16. The Labute approximate surface area is 221 Å². The average Bonchev–Trinajstić information content (AvgIpc) is 3.66. The van der Waals surface area contributed by atoms with Crippen LogP contribution in [0.15, 0.2) is 48.5 Å². The number of carbonyl (C=O) groups is 1. The Morgan fingerprint density at radius 1 is 1.13 bits per heavy atom. The molecule has 3 aliphatic rings. The van der Waals surface area contributed by atoms with Crippen molar-refractivity contribution in [3.63, 3.8) is 0 Å². The van der Waals surface area contributed by atoms with Gasteiger partial charge < -0.3 is 20.0 Å². The lowest BCUT2D eigenvalue weighted by Gasteiger charge is -2.59. The number of aliphatic hydroxyl groups is 1. The Kier molecular flexibility index (Phi) is 6.73. The SMILES string of the molecule is C[N@+]1(CC2CC2)CC[C@@]2(c3cccc(O)c3)C[C@@H](NC(=O)C#Cc3ccc(C(F)(F)F)cc3)CCC2(O)C1. The van der Waals surface area contributed by atoms with Crippen molar-refractivity contribution < 1.29 is 32.7 Å². The standard InChI is InChI=1S/C30H33F3N2O3/c1-35(19-22-5-6-22)16-15-28(24-3-2-4-26(36)17-24)18-25(13-14-29(28,38)20-35)34-27(37)12-9-21-7-10-23(11-8-21)30(31,32)33/h2-4,7-8,10-11,17,22,25,38H,5-6,13-16,18-20H2,1H3,(H-,34,36,37)/p+1/t25-,28-,29?,35+/m0/s1. The van der Waals surface area contributed by atoms with Crippen molar-refractivity contribution in [2.45, 2.75) is 61.8 Å². The van der Waals surface area contributed by atoms with Crippen LogP contribution < -0.4 is 5.32 Å². The molecule has 2 saturated carbocycles. The number of alkyl halides is 3. The van der Waals surface area contributed by atoms with Gasteiger partial charge in [-0.2, -0.15) is 13.2 Å². The number of likely N-dealkylation sites (N-methyl/N-ethyl adjacent to an activating group) is 1. The summed E-state index contributed by atoms with van der Waals surface area (Å²) in [5.74, 6) is 5.52. The molecule has 0 aromatic heterocycles. The number of halogens is 3. The highest BCUT2D eigenvalue weighted by atomic mass is 19.4. The number of amides is 1. The number of carbonyl (C=O) groups excluding carboxylic acids is 1. The van der Waals surface area contributed by atoms with E-state index in [9.17, 15) is 28.2 Å². The predicted molar refractivity (Wildman–Crippen MR) is 137 cm³/mol. The summed E-state index contributed by atoms with van der Waals surface area (Å²) >= 11 is 0. The Morgan fingerprint density at radius 2 is 1.87 bits per heavy atom. The largest absolute Gasteiger partial charge is 0.508 e. The van der Waals surface area contributed by atoms with Gasteiger partial charge in [0.05, 0.1) is 25.7 Å². The third-order valence-corrected chi connectivity index (χ3v) is 8.78. The topological polar surface area (TPSA) is 69.6 Å². The third kappa shape index (κ3) is 5.41. The van der Waals surface area contributed by atoms with E-state index in [-0.39, 0.29) is 11.8 Å². The van der Waals surface area contributed by atoms with E-state index >= 15 is 0 Å². The van der Waals surface area contributed by atoms with Crippen LogP contribution in [0.5, 0.6) is 5.75 Å². The molecule has 38 heavy (non-hydrogen) atoms. The van der Waals surface area contributed by atoms with Crippen molar-refractivity contribution in [1.29, 1.82) is 0 Å². The molecule has 0 spiro atoms. The van der Waals surface area contributed by atoms with Crippen molar-refractivity contribution in [2.75, 3.05) is 26.7 Å². The van der Waals surface area contributed by atoms with E-state index in [0.29, 0.717) is 31.4 Å². The number of hydrogen-bond acceptors (Lipinski definition) is 3.